The number of aromatic nitrogens is 6. The zero-order chi connectivity index (χ0) is 25.6. The first kappa shape index (κ1) is 23.2. The van der Waals surface area contributed by atoms with E-state index in [-0.39, 0.29) is 41.8 Å². The van der Waals surface area contributed by atoms with Crippen LogP contribution in [0.2, 0.25) is 0 Å². The summed E-state index contributed by atoms with van der Waals surface area (Å²) >= 11 is 0. The summed E-state index contributed by atoms with van der Waals surface area (Å²) < 4.78 is 75.9. The number of fused-ring (bicyclic) bond motifs is 1. The number of rotatable bonds is 4. The van der Waals surface area contributed by atoms with Gasteiger partial charge in [-0.05, 0) is 37.3 Å². The molecule has 1 atom stereocenters. The lowest BCUT2D eigenvalue weighted by Crippen LogP contribution is -2.68. The minimum atomic E-state index is -4.89. The van der Waals surface area contributed by atoms with E-state index in [0.29, 0.717) is 23.2 Å². The van der Waals surface area contributed by atoms with E-state index in [0.717, 1.165) is 12.6 Å². The van der Waals surface area contributed by atoms with Crippen molar-refractivity contribution in [3.63, 3.8) is 0 Å². The maximum atomic E-state index is 13.6. The summed E-state index contributed by atoms with van der Waals surface area (Å²) in [5, 5.41) is 4.14. The maximum absolute atomic E-state index is 13.6. The van der Waals surface area contributed by atoms with Crippen LogP contribution in [0.5, 0.6) is 0 Å². The Morgan fingerprint density at radius 3 is 2.44 bits per heavy atom. The molecule has 3 aliphatic carbocycles. The largest absolute Gasteiger partial charge is 0.449 e. The molecule has 2 bridgehead atoms. The summed E-state index contributed by atoms with van der Waals surface area (Å²) in [6, 6.07) is 0. The molecule has 3 aromatic rings. The van der Waals surface area contributed by atoms with E-state index in [1.807, 2.05) is 0 Å². The third-order valence-electron chi connectivity index (χ3n) is 7.58. The predicted octanol–water partition coefficient (Wildman–Crippen LogP) is 3.71. The van der Waals surface area contributed by atoms with E-state index in [1.165, 1.54) is 0 Å². The SMILES string of the molecule is Cn1cc(C2C=C(c3nc(C45CC(C(F)F)(C4)C5)c4nc(C(F)(F)F)n(C)c(=O)c4n3)CCO2)cn1. The summed E-state index contributed by atoms with van der Waals surface area (Å²) in [5.41, 5.74) is -1.91. The third-order valence-corrected chi connectivity index (χ3v) is 7.58. The molecule has 13 heteroatoms. The van der Waals surface area contributed by atoms with Crippen LogP contribution >= 0.6 is 0 Å². The summed E-state index contributed by atoms with van der Waals surface area (Å²) in [5.74, 6) is -1.21. The summed E-state index contributed by atoms with van der Waals surface area (Å²) in [6.07, 6.45) is -1.97. The van der Waals surface area contributed by atoms with Crippen molar-refractivity contribution >= 4 is 16.6 Å². The molecule has 4 heterocycles. The fourth-order valence-electron chi connectivity index (χ4n) is 5.84. The molecule has 0 aromatic carbocycles. The van der Waals surface area contributed by atoms with E-state index < -0.39 is 40.9 Å². The number of halogens is 5. The molecule has 7 rings (SSSR count). The molecular formula is C23H21F5N6O2. The van der Waals surface area contributed by atoms with Gasteiger partial charge in [-0.15, -0.1) is 0 Å². The molecule has 190 valence electrons. The third kappa shape index (κ3) is 3.24. The smallest absolute Gasteiger partial charge is 0.369 e. The number of hydrogen-bond donors (Lipinski definition) is 0. The Morgan fingerprint density at radius 2 is 1.83 bits per heavy atom. The Hall–Kier alpha value is -3.22. The van der Waals surface area contributed by atoms with Gasteiger partial charge < -0.3 is 4.74 Å². The lowest BCUT2D eigenvalue weighted by molar-refractivity contribution is -0.222. The summed E-state index contributed by atoms with van der Waals surface area (Å²) in [7, 11) is 2.75. The summed E-state index contributed by atoms with van der Waals surface area (Å²) in [4.78, 5) is 25.8. The van der Waals surface area contributed by atoms with Gasteiger partial charge >= 0.3 is 6.18 Å². The van der Waals surface area contributed by atoms with Gasteiger partial charge in [0.25, 0.3) is 5.56 Å². The van der Waals surface area contributed by atoms with Crippen LogP contribution in [0.15, 0.2) is 23.3 Å². The first-order valence-corrected chi connectivity index (χ1v) is 11.4. The van der Waals surface area contributed by atoms with Crippen molar-refractivity contribution in [3.05, 3.63) is 51.7 Å². The van der Waals surface area contributed by atoms with Crippen molar-refractivity contribution in [2.45, 2.75) is 49.8 Å². The van der Waals surface area contributed by atoms with Crippen LogP contribution in [0, 0.1) is 5.41 Å². The molecule has 0 radical (unpaired) electrons. The van der Waals surface area contributed by atoms with Crippen LogP contribution in [0.25, 0.3) is 16.6 Å². The van der Waals surface area contributed by atoms with Crippen LogP contribution in [-0.4, -0.2) is 42.3 Å². The highest BCUT2D eigenvalue weighted by atomic mass is 19.4. The van der Waals surface area contributed by atoms with Crippen LogP contribution in [0.1, 0.15) is 54.7 Å². The first-order chi connectivity index (χ1) is 16.9. The van der Waals surface area contributed by atoms with Gasteiger partial charge in [-0.25, -0.2) is 23.7 Å². The zero-order valence-corrected chi connectivity index (χ0v) is 19.3. The number of nitrogens with zero attached hydrogens (tertiary/aromatic N) is 6. The molecule has 1 aliphatic heterocycles. The highest BCUT2D eigenvalue weighted by Crippen LogP contribution is 2.75. The summed E-state index contributed by atoms with van der Waals surface area (Å²) in [6.45, 7) is 0.324. The van der Waals surface area contributed by atoms with Crippen molar-refractivity contribution in [2.75, 3.05) is 6.61 Å². The van der Waals surface area contributed by atoms with Gasteiger partial charge in [0.2, 0.25) is 12.2 Å². The van der Waals surface area contributed by atoms with Crippen molar-refractivity contribution in [1.29, 1.82) is 0 Å². The van der Waals surface area contributed by atoms with E-state index in [4.69, 9.17) is 4.74 Å². The standard InChI is InChI=1S/C23H21F5N6O2/c1-33-7-12(6-29-33)13-5-11(3-4-36-13)17-30-15-14(31-20(23(26,27)28)34(2)18(15)35)16(32-17)21-8-22(9-21,10-21)19(24)25/h5-7,13,19H,3-4,8-10H2,1-2H3. The van der Waals surface area contributed by atoms with Gasteiger partial charge in [0, 0.05) is 36.7 Å². The second-order valence-electron chi connectivity index (χ2n) is 10.0. The van der Waals surface area contributed by atoms with Crippen LogP contribution in [0.4, 0.5) is 22.0 Å². The molecule has 1 unspecified atom stereocenters. The average Bonchev–Trinajstić information content (AvgIpc) is 3.19. The number of alkyl halides is 5. The van der Waals surface area contributed by atoms with Crippen LogP contribution in [-0.2, 0) is 30.4 Å². The average molecular weight is 508 g/mol. The highest BCUT2D eigenvalue weighted by Gasteiger charge is 2.73. The Labute approximate surface area is 200 Å². The fourth-order valence-corrected chi connectivity index (χ4v) is 5.84. The number of ether oxygens (including phenoxy) is 1. The molecule has 0 spiro atoms. The number of hydrogen-bond acceptors (Lipinski definition) is 6. The maximum Gasteiger partial charge on any atom is 0.449 e. The quantitative estimate of drug-likeness (QED) is 0.500. The van der Waals surface area contributed by atoms with Crippen LogP contribution < -0.4 is 5.56 Å². The molecular weight excluding hydrogens is 487 g/mol. The Bertz CT molecular complexity index is 1470. The van der Waals surface area contributed by atoms with Gasteiger partial charge in [-0.1, -0.05) is 0 Å². The topological polar surface area (TPSA) is 87.7 Å². The number of aryl methyl sites for hydroxylation is 1. The fraction of sp³-hybridized carbons (Fsp3) is 0.522. The van der Waals surface area contributed by atoms with E-state index in [9.17, 15) is 26.7 Å². The van der Waals surface area contributed by atoms with E-state index in [1.54, 1.807) is 30.2 Å². The van der Waals surface area contributed by atoms with Crippen molar-refractivity contribution < 1.29 is 26.7 Å². The molecule has 0 saturated heterocycles. The Balaban J connectivity index is 1.53. The molecule has 3 fully saturated rings. The van der Waals surface area contributed by atoms with Gasteiger partial charge in [0.1, 0.15) is 11.6 Å². The second kappa shape index (κ2) is 7.40. The highest BCUT2D eigenvalue weighted by molar-refractivity contribution is 5.80. The lowest BCUT2D eigenvalue weighted by atomic mass is 9.34. The molecule has 0 amide bonds. The minimum absolute atomic E-state index is 0.0852. The predicted molar refractivity (Wildman–Crippen MR) is 116 cm³/mol. The second-order valence-corrected chi connectivity index (χ2v) is 10.0. The van der Waals surface area contributed by atoms with Gasteiger partial charge in [-0.2, -0.15) is 18.3 Å². The molecule has 36 heavy (non-hydrogen) atoms. The van der Waals surface area contributed by atoms with Crippen molar-refractivity contribution in [1.82, 2.24) is 29.3 Å². The molecule has 3 saturated carbocycles. The lowest BCUT2D eigenvalue weighted by Gasteiger charge is -2.69. The molecule has 3 aromatic heterocycles. The monoisotopic (exact) mass is 508 g/mol. The van der Waals surface area contributed by atoms with E-state index in [2.05, 4.69) is 20.1 Å². The minimum Gasteiger partial charge on any atom is -0.369 e. The molecule has 8 nitrogen and oxygen atoms in total. The molecule has 0 N–H and O–H groups in total. The molecule has 4 aliphatic rings. The van der Waals surface area contributed by atoms with Gasteiger partial charge in [-0.3, -0.25) is 14.0 Å². The van der Waals surface area contributed by atoms with E-state index >= 15 is 0 Å². The van der Waals surface area contributed by atoms with Gasteiger partial charge in [0.15, 0.2) is 11.3 Å². The van der Waals surface area contributed by atoms with Crippen LogP contribution in [0.3, 0.4) is 0 Å². The normalized spacial score (nSPS) is 27.7. The zero-order valence-electron chi connectivity index (χ0n) is 19.3. The van der Waals surface area contributed by atoms with Gasteiger partial charge in [0.05, 0.1) is 18.5 Å². The Morgan fingerprint density at radius 1 is 1.11 bits per heavy atom. The first-order valence-electron chi connectivity index (χ1n) is 11.4. The Kier molecular flexibility index (Phi) is 4.77. The van der Waals surface area contributed by atoms with Crippen molar-refractivity contribution in [2.24, 2.45) is 19.5 Å². The van der Waals surface area contributed by atoms with Crippen molar-refractivity contribution in [3.8, 4) is 0 Å².